The fraction of sp³-hybridized carbons (Fsp3) is 0.121. The molecule has 2 aliphatic rings. The summed E-state index contributed by atoms with van der Waals surface area (Å²) in [5.74, 6) is 0. The summed E-state index contributed by atoms with van der Waals surface area (Å²) in [5, 5.41) is 7.23. The Morgan fingerprint density at radius 2 is 1.06 bits per heavy atom. The van der Waals surface area contributed by atoms with Crippen molar-refractivity contribution in [3.05, 3.63) is 217 Å². The summed E-state index contributed by atoms with van der Waals surface area (Å²) in [6.45, 7) is 13.5. The van der Waals surface area contributed by atoms with Crippen LogP contribution in [0.2, 0.25) is 0 Å². The van der Waals surface area contributed by atoms with Crippen molar-refractivity contribution >= 4 is 106 Å². The van der Waals surface area contributed by atoms with Crippen LogP contribution in [0, 0.1) is 0 Å². The molecule has 0 unspecified atom stereocenters. The SMILES string of the molecule is CC(C)(C)c1ccc(N(c2ccc(C(C)(C)C)cc2)c2ccc3c(c2)B2c4c(cc(-c5ccccc5)cc4N3c3cccc4c3oc3ccccc34)-c3cccc4c5cc6ccccc6cc5n2c34)cc1. The number of hydrogen-bond donors (Lipinski definition) is 0. The van der Waals surface area contributed by atoms with Gasteiger partial charge >= 0.3 is 6.85 Å². The molecule has 2 aliphatic heterocycles. The lowest BCUT2D eigenvalue weighted by atomic mass is 9.45. The van der Waals surface area contributed by atoms with Gasteiger partial charge in [-0.2, -0.15) is 0 Å². The van der Waals surface area contributed by atoms with Crippen LogP contribution in [0.1, 0.15) is 52.7 Å². The summed E-state index contributed by atoms with van der Waals surface area (Å²) < 4.78 is 9.64. The third-order valence-corrected chi connectivity index (χ3v) is 15.4. The first-order chi connectivity index (χ1) is 34.5. The van der Waals surface area contributed by atoms with E-state index < -0.39 is 0 Å². The molecule has 14 rings (SSSR count). The quantitative estimate of drug-likeness (QED) is 0.161. The minimum atomic E-state index is -0.171. The lowest BCUT2D eigenvalue weighted by Crippen LogP contribution is -2.56. The smallest absolute Gasteiger partial charge is 0.333 e. The fourth-order valence-corrected chi connectivity index (χ4v) is 11.9. The Bertz CT molecular complexity index is 4070. The van der Waals surface area contributed by atoms with Gasteiger partial charge in [0.25, 0.3) is 0 Å². The molecule has 4 nitrogen and oxygen atoms in total. The summed E-state index contributed by atoms with van der Waals surface area (Å²) in [7, 11) is 0. The molecule has 0 aliphatic carbocycles. The summed E-state index contributed by atoms with van der Waals surface area (Å²) in [6.07, 6.45) is 0. The van der Waals surface area contributed by atoms with Gasteiger partial charge in [0.2, 0.25) is 0 Å². The number of aromatic nitrogens is 1. The van der Waals surface area contributed by atoms with E-state index in [0.717, 1.165) is 56.1 Å². The van der Waals surface area contributed by atoms with Crippen molar-refractivity contribution in [3.63, 3.8) is 0 Å². The summed E-state index contributed by atoms with van der Waals surface area (Å²) in [4.78, 5) is 4.96. The van der Waals surface area contributed by atoms with Crippen LogP contribution in [0.25, 0.3) is 76.8 Å². The van der Waals surface area contributed by atoms with Crippen molar-refractivity contribution < 1.29 is 4.42 Å². The molecule has 340 valence electrons. The van der Waals surface area contributed by atoms with Crippen molar-refractivity contribution in [2.45, 2.75) is 52.4 Å². The molecule has 0 spiro atoms. The lowest BCUT2D eigenvalue weighted by molar-refractivity contribution is 0.590. The number of rotatable bonds is 5. The number of hydrogen-bond acceptors (Lipinski definition) is 3. The molecule has 0 N–H and O–H groups in total. The maximum atomic E-state index is 6.96. The molecule has 0 atom stereocenters. The first kappa shape index (κ1) is 41.7. The van der Waals surface area contributed by atoms with E-state index in [1.807, 2.05) is 0 Å². The topological polar surface area (TPSA) is 24.6 Å². The fourth-order valence-electron chi connectivity index (χ4n) is 11.9. The Morgan fingerprint density at radius 1 is 0.437 bits per heavy atom. The van der Waals surface area contributed by atoms with Gasteiger partial charge in [0, 0.05) is 66.6 Å². The Labute approximate surface area is 415 Å². The zero-order valence-corrected chi connectivity index (χ0v) is 41.0. The van der Waals surface area contributed by atoms with Crippen LogP contribution >= 0.6 is 0 Å². The van der Waals surface area contributed by atoms with Gasteiger partial charge in [0.05, 0.1) is 5.69 Å². The minimum absolute atomic E-state index is 0.0225. The van der Waals surface area contributed by atoms with Crippen molar-refractivity contribution in [1.29, 1.82) is 0 Å². The monoisotopic (exact) mass is 913 g/mol. The third kappa shape index (κ3) is 6.31. The van der Waals surface area contributed by atoms with Crippen molar-refractivity contribution in [3.8, 4) is 22.3 Å². The Balaban J connectivity index is 1.11. The number of fused-ring (bicyclic) bond motifs is 11. The van der Waals surface area contributed by atoms with Crippen LogP contribution in [-0.2, 0) is 10.8 Å². The van der Waals surface area contributed by atoms with Crippen molar-refractivity contribution in [2.75, 3.05) is 9.80 Å². The predicted molar refractivity (Wildman–Crippen MR) is 302 cm³/mol. The average Bonchev–Trinajstić information content (AvgIpc) is 3.93. The highest BCUT2D eigenvalue weighted by atomic mass is 16.3. The standard InChI is InChI=1S/C66H52BN3O/c1-65(2,3)45-26-30-47(31-27-45)68(48-32-28-46(29-33-48)66(4,5)6)49-34-35-57-56(40-49)67-62-55(52-22-14-21-51-54-36-42-18-10-11-19-43(42)38-59(54)70(67)63(51)52)37-44(41-16-8-7-9-17-41)39-60(62)69(57)58-24-15-23-53-50-20-12-13-25-61(50)71-64(53)58/h7-40H,1-6H3. The molecule has 2 aromatic heterocycles. The minimum Gasteiger partial charge on any atom is -0.454 e. The number of nitrogens with zero attached hydrogens (tertiary/aromatic N) is 3. The molecule has 0 fully saturated rings. The van der Waals surface area contributed by atoms with Gasteiger partial charge in [-0.1, -0.05) is 169 Å². The van der Waals surface area contributed by atoms with E-state index in [4.69, 9.17) is 4.42 Å². The van der Waals surface area contributed by atoms with E-state index in [9.17, 15) is 0 Å². The molecular formula is C66H52BN3O. The zero-order valence-electron chi connectivity index (χ0n) is 41.0. The van der Waals surface area contributed by atoms with Crippen LogP contribution in [-0.4, -0.2) is 11.3 Å². The van der Waals surface area contributed by atoms with E-state index in [1.165, 1.54) is 76.9 Å². The van der Waals surface area contributed by atoms with E-state index >= 15 is 0 Å². The van der Waals surface area contributed by atoms with Gasteiger partial charge in [-0.05, 0) is 139 Å². The van der Waals surface area contributed by atoms with E-state index in [2.05, 4.69) is 262 Å². The van der Waals surface area contributed by atoms with Gasteiger partial charge in [0.1, 0.15) is 5.58 Å². The van der Waals surface area contributed by atoms with Gasteiger partial charge in [0.15, 0.2) is 5.58 Å². The molecule has 0 saturated heterocycles. The number of para-hydroxylation sites is 3. The molecule has 0 saturated carbocycles. The van der Waals surface area contributed by atoms with Crippen LogP contribution < -0.4 is 20.7 Å². The lowest BCUT2D eigenvalue weighted by Gasteiger charge is -2.41. The van der Waals surface area contributed by atoms with Crippen LogP contribution in [0.15, 0.2) is 211 Å². The highest BCUT2D eigenvalue weighted by Crippen LogP contribution is 2.50. The molecule has 4 heterocycles. The number of benzene rings is 10. The first-order valence-corrected chi connectivity index (χ1v) is 25.0. The number of anilines is 6. The van der Waals surface area contributed by atoms with Crippen molar-refractivity contribution in [1.82, 2.24) is 4.48 Å². The van der Waals surface area contributed by atoms with E-state index in [-0.39, 0.29) is 17.7 Å². The van der Waals surface area contributed by atoms with Gasteiger partial charge in [-0.3, -0.25) is 0 Å². The molecular weight excluding hydrogens is 862 g/mol. The molecule has 10 aromatic carbocycles. The van der Waals surface area contributed by atoms with Crippen LogP contribution in [0.4, 0.5) is 34.1 Å². The Morgan fingerprint density at radius 3 is 1.77 bits per heavy atom. The van der Waals surface area contributed by atoms with Crippen molar-refractivity contribution in [2.24, 2.45) is 0 Å². The Hall–Kier alpha value is -8.28. The highest BCUT2D eigenvalue weighted by Gasteiger charge is 2.44. The molecule has 0 amide bonds. The maximum Gasteiger partial charge on any atom is 0.333 e. The second-order valence-electron chi connectivity index (χ2n) is 21.8. The molecule has 5 heteroatoms. The molecule has 12 aromatic rings. The largest absolute Gasteiger partial charge is 0.454 e. The maximum absolute atomic E-state index is 6.96. The molecule has 0 radical (unpaired) electrons. The zero-order chi connectivity index (χ0) is 47.9. The Kier molecular flexibility index (Phi) is 8.87. The highest BCUT2D eigenvalue weighted by molar-refractivity contribution is 6.90. The van der Waals surface area contributed by atoms with Gasteiger partial charge < -0.3 is 18.7 Å². The van der Waals surface area contributed by atoms with Crippen LogP contribution in [0.5, 0.6) is 0 Å². The number of furan rings is 1. The van der Waals surface area contributed by atoms with Crippen LogP contribution in [0.3, 0.4) is 0 Å². The van der Waals surface area contributed by atoms with E-state index in [1.54, 1.807) is 0 Å². The second-order valence-corrected chi connectivity index (χ2v) is 21.8. The summed E-state index contributed by atoms with van der Waals surface area (Å²) in [6, 6.07) is 77.1. The molecule has 71 heavy (non-hydrogen) atoms. The summed E-state index contributed by atoms with van der Waals surface area (Å²) in [5.41, 5.74) is 20.9. The van der Waals surface area contributed by atoms with E-state index in [0.29, 0.717) is 0 Å². The predicted octanol–water partition coefficient (Wildman–Crippen LogP) is 17.0. The summed E-state index contributed by atoms with van der Waals surface area (Å²) >= 11 is 0. The third-order valence-electron chi connectivity index (χ3n) is 15.4. The van der Waals surface area contributed by atoms with Gasteiger partial charge in [-0.25, -0.2) is 0 Å². The normalized spacial score (nSPS) is 13.2. The average molecular weight is 914 g/mol. The first-order valence-electron chi connectivity index (χ1n) is 25.0. The second kappa shape index (κ2) is 15.1. The van der Waals surface area contributed by atoms with Gasteiger partial charge in [-0.15, -0.1) is 0 Å². The molecule has 0 bridgehead atoms.